The highest BCUT2D eigenvalue weighted by Crippen LogP contribution is 2.34. The fraction of sp³-hybridized carbons (Fsp3) is 0.550. The molecule has 2 aromatic rings. The molecule has 1 atom stereocenters. The summed E-state index contributed by atoms with van der Waals surface area (Å²) in [6.45, 7) is 10.4. The molecule has 1 fully saturated rings. The summed E-state index contributed by atoms with van der Waals surface area (Å²) in [4.78, 5) is 14.1. The molecule has 1 aromatic carbocycles. The zero-order valence-electron chi connectivity index (χ0n) is 16.6. The number of benzene rings is 1. The van der Waals surface area contributed by atoms with E-state index in [9.17, 15) is 4.79 Å². The second kappa shape index (κ2) is 7.92. The lowest BCUT2D eigenvalue weighted by atomic mass is 10.1. The predicted molar refractivity (Wildman–Crippen MR) is 105 cm³/mol. The summed E-state index contributed by atoms with van der Waals surface area (Å²) in [7, 11) is 0. The Morgan fingerprint density at radius 2 is 2.11 bits per heavy atom. The molecule has 0 N–H and O–H groups in total. The summed E-state index contributed by atoms with van der Waals surface area (Å²) < 4.78 is 11.4. The monoisotopic (exact) mass is 389 g/mol. The number of carbonyl (C=O) groups is 1. The van der Waals surface area contributed by atoms with Crippen molar-refractivity contribution < 1.29 is 13.9 Å². The average Bonchev–Trinajstić information content (AvgIpc) is 3.22. The van der Waals surface area contributed by atoms with Gasteiger partial charge in [-0.2, -0.15) is 0 Å². The summed E-state index contributed by atoms with van der Waals surface area (Å²) in [6, 6.07) is 6.21. The van der Waals surface area contributed by atoms with E-state index in [4.69, 9.17) is 9.15 Å². The van der Waals surface area contributed by atoms with Gasteiger partial charge in [0, 0.05) is 12.3 Å². The summed E-state index contributed by atoms with van der Waals surface area (Å²) in [5, 5.41) is 8.89. The number of aryl methyl sites for hydroxylation is 2. The Morgan fingerprint density at radius 3 is 2.85 bits per heavy atom. The molecule has 0 radical (unpaired) electrons. The van der Waals surface area contributed by atoms with Gasteiger partial charge in [-0.3, -0.25) is 4.90 Å². The van der Waals surface area contributed by atoms with Gasteiger partial charge in [0.25, 0.3) is 5.22 Å². The van der Waals surface area contributed by atoms with Crippen molar-refractivity contribution in [1.82, 2.24) is 15.1 Å². The lowest BCUT2D eigenvalue weighted by molar-refractivity contribution is 0.0201. The minimum atomic E-state index is -0.522. The molecule has 3 rings (SSSR count). The maximum Gasteiger partial charge on any atom is 0.410 e. The van der Waals surface area contributed by atoms with E-state index in [1.807, 2.05) is 20.8 Å². The smallest absolute Gasteiger partial charge is 0.410 e. The van der Waals surface area contributed by atoms with Crippen LogP contribution in [-0.2, 0) is 10.5 Å². The molecule has 2 heterocycles. The molecule has 6 nitrogen and oxygen atoms in total. The van der Waals surface area contributed by atoms with Gasteiger partial charge in [-0.25, -0.2) is 4.79 Å². The molecule has 0 saturated carbocycles. The number of carbonyl (C=O) groups excluding carboxylic acids is 1. The summed E-state index contributed by atoms with van der Waals surface area (Å²) in [5.74, 6) is 1.26. The molecule has 0 aliphatic carbocycles. The van der Waals surface area contributed by atoms with Gasteiger partial charge in [-0.1, -0.05) is 35.5 Å². The van der Waals surface area contributed by atoms with Crippen LogP contribution in [0.3, 0.4) is 0 Å². The van der Waals surface area contributed by atoms with Gasteiger partial charge in [0.15, 0.2) is 0 Å². The van der Waals surface area contributed by atoms with Crippen LogP contribution in [0.5, 0.6) is 0 Å². The Labute approximate surface area is 164 Å². The largest absolute Gasteiger partial charge is 0.444 e. The number of nitrogens with zero attached hydrogens (tertiary/aromatic N) is 3. The molecule has 1 saturated heterocycles. The molecule has 1 aliphatic heterocycles. The molecule has 27 heavy (non-hydrogen) atoms. The lowest BCUT2D eigenvalue weighted by Crippen LogP contribution is -2.36. The van der Waals surface area contributed by atoms with Crippen LogP contribution in [0.2, 0.25) is 0 Å². The van der Waals surface area contributed by atoms with E-state index in [1.165, 1.54) is 28.5 Å². The minimum absolute atomic E-state index is 0.206. The summed E-state index contributed by atoms with van der Waals surface area (Å²) >= 11 is 1.52. The molecule has 0 bridgehead atoms. The summed E-state index contributed by atoms with van der Waals surface area (Å²) in [6.07, 6.45) is 1.38. The molecular weight excluding hydrogens is 362 g/mol. The van der Waals surface area contributed by atoms with Crippen LogP contribution >= 0.6 is 11.8 Å². The Balaban J connectivity index is 1.66. The molecule has 0 unspecified atom stereocenters. The van der Waals surface area contributed by atoms with Gasteiger partial charge < -0.3 is 9.15 Å². The Bertz CT molecular complexity index is 813. The SMILES string of the molecule is Cc1ccc(C)c(CSc2nnc([C@@H]3CCCN3C(=O)OC(C)(C)C)o2)c1. The van der Waals surface area contributed by atoms with Crippen LogP contribution in [0.15, 0.2) is 27.8 Å². The highest BCUT2D eigenvalue weighted by Gasteiger charge is 2.36. The fourth-order valence-corrected chi connectivity index (χ4v) is 3.90. The van der Waals surface area contributed by atoms with Crippen LogP contribution in [0.1, 0.15) is 62.2 Å². The third-order valence-electron chi connectivity index (χ3n) is 4.44. The number of likely N-dealkylation sites (tertiary alicyclic amines) is 1. The Kier molecular flexibility index (Phi) is 5.79. The molecule has 7 heteroatoms. The zero-order chi connectivity index (χ0) is 19.6. The molecule has 1 amide bonds. The van der Waals surface area contributed by atoms with Gasteiger partial charge in [0.1, 0.15) is 11.6 Å². The first-order chi connectivity index (χ1) is 12.7. The van der Waals surface area contributed by atoms with Crippen LogP contribution in [0, 0.1) is 13.8 Å². The number of hydrogen-bond donors (Lipinski definition) is 0. The zero-order valence-corrected chi connectivity index (χ0v) is 17.4. The van der Waals surface area contributed by atoms with E-state index >= 15 is 0 Å². The lowest BCUT2D eigenvalue weighted by Gasteiger charge is -2.27. The molecule has 146 valence electrons. The van der Waals surface area contributed by atoms with Gasteiger partial charge in [-0.05, 0) is 58.6 Å². The molecule has 1 aliphatic rings. The van der Waals surface area contributed by atoms with Crippen LogP contribution in [0.4, 0.5) is 4.79 Å². The van der Waals surface area contributed by atoms with E-state index in [-0.39, 0.29) is 12.1 Å². The van der Waals surface area contributed by atoms with Crippen molar-refractivity contribution in [2.75, 3.05) is 6.54 Å². The Hall–Kier alpha value is -2.02. The van der Waals surface area contributed by atoms with Gasteiger partial charge in [0.2, 0.25) is 5.89 Å². The van der Waals surface area contributed by atoms with E-state index in [1.54, 1.807) is 4.90 Å². The number of ether oxygens (including phenoxy) is 1. The third-order valence-corrected chi connectivity index (χ3v) is 5.31. The predicted octanol–water partition coefficient (Wildman–Crippen LogP) is 5.05. The highest BCUT2D eigenvalue weighted by molar-refractivity contribution is 7.98. The first-order valence-corrected chi connectivity index (χ1v) is 10.2. The first kappa shape index (κ1) is 19.7. The minimum Gasteiger partial charge on any atom is -0.444 e. The highest BCUT2D eigenvalue weighted by atomic mass is 32.2. The van der Waals surface area contributed by atoms with E-state index < -0.39 is 5.60 Å². The van der Waals surface area contributed by atoms with Crippen LogP contribution < -0.4 is 0 Å². The first-order valence-electron chi connectivity index (χ1n) is 9.25. The van der Waals surface area contributed by atoms with Crippen LogP contribution in [0.25, 0.3) is 0 Å². The van der Waals surface area contributed by atoms with Crippen LogP contribution in [-0.4, -0.2) is 33.3 Å². The van der Waals surface area contributed by atoms with Crippen molar-refractivity contribution in [3.05, 3.63) is 40.8 Å². The molecule has 0 spiro atoms. The maximum atomic E-state index is 12.4. The van der Waals surface area contributed by atoms with E-state index in [0.717, 1.165) is 18.6 Å². The number of rotatable bonds is 4. The second-order valence-electron chi connectivity index (χ2n) is 7.96. The average molecular weight is 390 g/mol. The molecular formula is C20H27N3O3S. The number of thioether (sulfide) groups is 1. The van der Waals surface area contributed by atoms with E-state index in [0.29, 0.717) is 17.7 Å². The van der Waals surface area contributed by atoms with Crippen molar-refractivity contribution in [3.8, 4) is 0 Å². The fourth-order valence-electron chi connectivity index (χ4n) is 3.07. The molecule has 1 aromatic heterocycles. The Morgan fingerprint density at radius 1 is 1.33 bits per heavy atom. The third kappa shape index (κ3) is 5.03. The number of hydrogen-bond acceptors (Lipinski definition) is 6. The van der Waals surface area contributed by atoms with Crippen molar-refractivity contribution in [1.29, 1.82) is 0 Å². The second-order valence-corrected chi connectivity index (χ2v) is 8.88. The van der Waals surface area contributed by atoms with E-state index in [2.05, 4.69) is 42.2 Å². The number of aromatic nitrogens is 2. The quantitative estimate of drug-likeness (QED) is 0.682. The maximum absolute atomic E-state index is 12.4. The topological polar surface area (TPSA) is 68.5 Å². The van der Waals surface area contributed by atoms with Gasteiger partial charge >= 0.3 is 6.09 Å². The van der Waals surface area contributed by atoms with Crippen molar-refractivity contribution in [2.45, 2.75) is 70.1 Å². The van der Waals surface area contributed by atoms with Crippen molar-refractivity contribution in [2.24, 2.45) is 0 Å². The number of amides is 1. The normalized spacial score (nSPS) is 17.4. The van der Waals surface area contributed by atoms with Gasteiger partial charge in [0.05, 0.1) is 0 Å². The van der Waals surface area contributed by atoms with Crippen molar-refractivity contribution in [3.63, 3.8) is 0 Å². The van der Waals surface area contributed by atoms with Gasteiger partial charge in [-0.15, -0.1) is 10.2 Å². The summed E-state index contributed by atoms with van der Waals surface area (Å²) in [5.41, 5.74) is 3.23. The van der Waals surface area contributed by atoms with Crippen molar-refractivity contribution >= 4 is 17.9 Å². The standard InChI is InChI=1S/C20H27N3O3S/c1-13-8-9-14(2)15(11-13)12-27-18-22-21-17(25-18)16-7-6-10-23(16)19(24)26-20(3,4)5/h8-9,11,16H,6-7,10,12H2,1-5H3/t16-/m0/s1.